The number of amides is 1. The Bertz CT molecular complexity index is 523. The van der Waals surface area contributed by atoms with Gasteiger partial charge in [0.2, 0.25) is 11.6 Å². The molecule has 0 unspecified atom stereocenters. The number of rotatable bonds is 6. The maximum atomic E-state index is 12.9. The number of nitrogens with one attached hydrogen (secondary N) is 1. The highest BCUT2D eigenvalue weighted by Crippen LogP contribution is 2.31. The summed E-state index contributed by atoms with van der Waals surface area (Å²) in [6, 6.07) is -0.158. The predicted octanol–water partition coefficient (Wildman–Crippen LogP) is 1.30. The largest absolute Gasteiger partial charge is 0.476 e. The fourth-order valence-electron chi connectivity index (χ4n) is 1.75. The molecule has 2 N–H and O–H groups in total. The fourth-order valence-corrected chi connectivity index (χ4v) is 1.75. The molecule has 1 aromatic rings. The highest BCUT2D eigenvalue weighted by Gasteiger charge is 2.41. The van der Waals surface area contributed by atoms with E-state index in [1.165, 1.54) is 0 Å². The van der Waals surface area contributed by atoms with E-state index in [4.69, 9.17) is 5.11 Å². The van der Waals surface area contributed by atoms with Gasteiger partial charge in [0.15, 0.2) is 5.69 Å². The van der Waals surface area contributed by atoms with E-state index >= 15 is 0 Å². The number of nitrogens with zero attached hydrogens (tertiary/aromatic N) is 3. The van der Waals surface area contributed by atoms with Crippen LogP contribution in [0.2, 0.25) is 0 Å². The first-order valence-electron chi connectivity index (χ1n) is 6.24. The number of hydrogen-bond acceptors (Lipinski definition) is 4. The molecule has 0 atom stereocenters. The lowest BCUT2D eigenvalue weighted by atomic mass is 10.2. The van der Waals surface area contributed by atoms with Crippen molar-refractivity contribution in [3.8, 4) is 0 Å². The topological polar surface area (TPSA) is 97.1 Å². The van der Waals surface area contributed by atoms with Gasteiger partial charge in [-0.25, -0.2) is 9.48 Å². The molecule has 0 aliphatic carbocycles. The smallest absolute Gasteiger partial charge is 0.435 e. The highest BCUT2D eigenvalue weighted by molar-refractivity contribution is 5.87. The van der Waals surface area contributed by atoms with Gasteiger partial charge in [-0.1, -0.05) is 19.1 Å². The van der Waals surface area contributed by atoms with Gasteiger partial charge in [-0.15, -0.1) is 5.10 Å². The number of hydrogen-bond donors (Lipinski definition) is 2. The Morgan fingerprint density at radius 2 is 1.90 bits per heavy atom. The Balaban J connectivity index is 2.99. The molecule has 0 aromatic carbocycles. The molecular weight excluding hydrogens is 293 g/mol. The maximum absolute atomic E-state index is 12.9. The van der Waals surface area contributed by atoms with E-state index in [0.29, 0.717) is 12.8 Å². The summed E-state index contributed by atoms with van der Waals surface area (Å²) < 4.78 is 38.8. The first-order valence-corrected chi connectivity index (χ1v) is 6.24. The van der Waals surface area contributed by atoms with Crippen LogP contribution >= 0.6 is 0 Å². The molecular formula is C11H15F3N4O3. The zero-order valence-corrected chi connectivity index (χ0v) is 11.4. The Morgan fingerprint density at radius 1 is 1.33 bits per heavy atom. The third-order valence-corrected chi connectivity index (χ3v) is 2.85. The van der Waals surface area contributed by atoms with Gasteiger partial charge in [-0.3, -0.25) is 4.79 Å². The maximum Gasteiger partial charge on any atom is 0.435 e. The molecule has 118 valence electrons. The Morgan fingerprint density at radius 3 is 2.33 bits per heavy atom. The Kier molecular flexibility index (Phi) is 5.28. The summed E-state index contributed by atoms with van der Waals surface area (Å²) in [4.78, 5) is 22.4. The first-order chi connectivity index (χ1) is 9.70. The average molecular weight is 308 g/mol. The molecule has 0 saturated carbocycles. The number of aromatic nitrogens is 3. The molecule has 0 spiro atoms. The van der Waals surface area contributed by atoms with Crippen molar-refractivity contribution in [3.63, 3.8) is 0 Å². The van der Waals surface area contributed by atoms with Gasteiger partial charge in [-0.2, -0.15) is 13.2 Å². The molecule has 0 saturated heterocycles. The highest BCUT2D eigenvalue weighted by atomic mass is 19.4. The molecule has 21 heavy (non-hydrogen) atoms. The summed E-state index contributed by atoms with van der Waals surface area (Å²) in [5, 5.41) is 17.3. The van der Waals surface area contributed by atoms with Crippen LogP contribution in [-0.4, -0.2) is 38.0 Å². The van der Waals surface area contributed by atoms with E-state index in [-0.39, 0.29) is 10.7 Å². The van der Waals surface area contributed by atoms with Gasteiger partial charge >= 0.3 is 12.1 Å². The third kappa shape index (κ3) is 4.17. The molecule has 1 amide bonds. The van der Waals surface area contributed by atoms with Crippen LogP contribution in [0.3, 0.4) is 0 Å². The summed E-state index contributed by atoms with van der Waals surface area (Å²) >= 11 is 0. The molecule has 0 radical (unpaired) electrons. The van der Waals surface area contributed by atoms with Crippen molar-refractivity contribution >= 4 is 11.9 Å². The van der Waals surface area contributed by atoms with Crippen LogP contribution in [0.25, 0.3) is 0 Å². The Labute approximate surface area is 118 Å². The minimum atomic E-state index is -4.97. The lowest BCUT2D eigenvalue weighted by molar-refractivity contribution is -0.145. The van der Waals surface area contributed by atoms with Crippen molar-refractivity contribution in [1.29, 1.82) is 0 Å². The Hall–Kier alpha value is -2.13. The van der Waals surface area contributed by atoms with Crippen LogP contribution in [-0.2, 0) is 17.5 Å². The summed E-state index contributed by atoms with van der Waals surface area (Å²) in [5.41, 5.74) is -2.77. The lowest BCUT2D eigenvalue weighted by Gasteiger charge is -2.15. The molecule has 0 fully saturated rings. The normalized spacial score (nSPS) is 11.7. The van der Waals surface area contributed by atoms with Crippen LogP contribution in [0.5, 0.6) is 0 Å². The van der Waals surface area contributed by atoms with Crippen LogP contribution in [0.4, 0.5) is 13.2 Å². The second-order valence-electron chi connectivity index (χ2n) is 4.33. The molecule has 0 bridgehead atoms. The van der Waals surface area contributed by atoms with Gasteiger partial charge < -0.3 is 10.4 Å². The van der Waals surface area contributed by atoms with E-state index in [0.717, 1.165) is 0 Å². The quantitative estimate of drug-likeness (QED) is 0.825. The van der Waals surface area contributed by atoms with Crippen LogP contribution in [0.15, 0.2) is 0 Å². The molecule has 10 heteroatoms. The molecule has 1 aromatic heterocycles. The van der Waals surface area contributed by atoms with Gasteiger partial charge in [0.25, 0.3) is 0 Å². The van der Waals surface area contributed by atoms with Crippen LogP contribution in [0, 0.1) is 0 Å². The van der Waals surface area contributed by atoms with E-state index in [1.54, 1.807) is 0 Å². The van der Waals surface area contributed by atoms with Gasteiger partial charge in [0.05, 0.1) is 0 Å². The van der Waals surface area contributed by atoms with E-state index in [1.807, 2.05) is 13.8 Å². The van der Waals surface area contributed by atoms with Crippen LogP contribution < -0.4 is 5.32 Å². The molecule has 7 nitrogen and oxygen atoms in total. The minimum Gasteiger partial charge on any atom is -0.476 e. The first kappa shape index (κ1) is 16.9. The number of alkyl halides is 3. The van der Waals surface area contributed by atoms with Crippen molar-refractivity contribution in [2.45, 2.75) is 45.5 Å². The zero-order chi connectivity index (χ0) is 16.2. The minimum absolute atomic E-state index is 0.158. The van der Waals surface area contributed by atoms with Gasteiger partial charge in [0, 0.05) is 6.04 Å². The van der Waals surface area contributed by atoms with Gasteiger partial charge in [-0.05, 0) is 12.8 Å². The van der Waals surface area contributed by atoms with E-state index < -0.39 is 36.0 Å². The number of carbonyl (C=O) groups excluding carboxylic acids is 1. The number of aromatic carboxylic acids is 1. The molecule has 1 heterocycles. The second kappa shape index (κ2) is 6.55. The summed E-state index contributed by atoms with van der Waals surface area (Å²) in [6.45, 7) is 2.91. The van der Waals surface area contributed by atoms with Gasteiger partial charge in [0.1, 0.15) is 6.54 Å². The van der Waals surface area contributed by atoms with Crippen molar-refractivity contribution in [3.05, 3.63) is 11.4 Å². The number of carboxylic acids is 1. The van der Waals surface area contributed by atoms with E-state index in [2.05, 4.69) is 15.6 Å². The monoisotopic (exact) mass is 308 g/mol. The van der Waals surface area contributed by atoms with Crippen LogP contribution in [0.1, 0.15) is 42.9 Å². The SMILES string of the molecule is CCC(CC)NC(=O)Cn1nnc(C(=O)O)c1C(F)(F)F. The van der Waals surface area contributed by atoms with Crippen molar-refractivity contribution < 1.29 is 27.9 Å². The summed E-state index contributed by atoms with van der Waals surface area (Å²) in [5.74, 6) is -2.54. The lowest BCUT2D eigenvalue weighted by Crippen LogP contribution is -2.37. The third-order valence-electron chi connectivity index (χ3n) is 2.85. The molecule has 1 rings (SSSR count). The van der Waals surface area contributed by atoms with Crippen molar-refractivity contribution in [1.82, 2.24) is 20.3 Å². The standard InChI is InChI=1S/C11H15F3N4O3/c1-3-6(4-2)15-7(19)5-18-9(11(12,13)14)8(10(20)21)16-17-18/h6H,3-5H2,1-2H3,(H,15,19)(H,20,21). The average Bonchev–Trinajstić information content (AvgIpc) is 2.79. The fraction of sp³-hybridized carbons (Fsp3) is 0.636. The summed E-state index contributed by atoms with van der Waals surface area (Å²) in [7, 11) is 0. The second-order valence-corrected chi connectivity index (χ2v) is 4.33. The predicted molar refractivity (Wildman–Crippen MR) is 64.5 cm³/mol. The molecule has 0 aliphatic rings. The zero-order valence-electron chi connectivity index (χ0n) is 11.4. The van der Waals surface area contributed by atoms with Crippen molar-refractivity contribution in [2.75, 3.05) is 0 Å². The molecule has 0 aliphatic heterocycles. The summed E-state index contributed by atoms with van der Waals surface area (Å²) in [6.07, 6.45) is -3.70. The van der Waals surface area contributed by atoms with E-state index in [9.17, 15) is 22.8 Å². The van der Waals surface area contributed by atoms with Crippen molar-refractivity contribution in [2.24, 2.45) is 0 Å². The number of halogens is 3. The number of carboxylic acid groups (broad SMARTS) is 1. The number of carbonyl (C=O) groups is 2.